The molecule has 0 fully saturated rings. The Morgan fingerprint density at radius 1 is 1.32 bits per heavy atom. The molecule has 0 atom stereocenters. The molecule has 4 nitrogen and oxygen atoms in total. The van der Waals surface area contributed by atoms with Crippen molar-refractivity contribution in [3.8, 4) is 0 Å². The Hall–Kier alpha value is -1.43. The molecule has 0 spiro atoms. The molecule has 0 saturated carbocycles. The molecule has 0 radical (unpaired) electrons. The van der Waals surface area contributed by atoms with Gasteiger partial charge < -0.3 is 10.9 Å². The van der Waals surface area contributed by atoms with Crippen molar-refractivity contribution in [1.29, 1.82) is 0 Å². The topological polar surface area (TPSA) is 71.5 Å². The molecule has 2 rings (SSSR count). The monoisotopic (exact) mass is 313 g/mol. The third-order valence-corrected chi connectivity index (χ3v) is 4.01. The zero-order valence-electron chi connectivity index (χ0n) is 9.55. The molecule has 7 heteroatoms. The van der Waals surface area contributed by atoms with Gasteiger partial charge in [0.25, 0.3) is 0 Å². The van der Waals surface area contributed by atoms with Gasteiger partial charge in [-0.15, -0.1) is 0 Å². The Labute approximate surface area is 124 Å². The molecule has 1 aromatic heterocycles. The number of halogens is 2. The van der Waals surface area contributed by atoms with Crippen molar-refractivity contribution in [2.75, 3.05) is 0 Å². The van der Waals surface area contributed by atoms with Crippen LogP contribution in [0, 0.1) is 0 Å². The van der Waals surface area contributed by atoms with Crippen LogP contribution in [0.15, 0.2) is 51.6 Å². The first kappa shape index (κ1) is 14.0. The molecule has 0 bridgehead atoms. The minimum Gasteiger partial charge on any atom is -0.409 e. The van der Waals surface area contributed by atoms with E-state index in [1.165, 1.54) is 11.8 Å². The van der Waals surface area contributed by atoms with Gasteiger partial charge in [0.05, 0.1) is 10.6 Å². The Kier molecular flexibility index (Phi) is 4.52. The maximum Gasteiger partial charge on any atom is 0.172 e. The van der Waals surface area contributed by atoms with Crippen molar-refractivity contribution >= 4 is 40.8 Å². The van der Waals surface area contributed by atoms with E-state index in [0.717, 1.165) is 4.90 Å². The SMILES string of the molecule is N/C(=N\O)c1cccnc1Sc1cc(Cl)ccc1Cl. The molecule has 3 N–H and O–H groups in total. The van der Waals surface area contributed by atoms with Crippen LogP contribution in [0.2, 0.25) is 10.0 Å². The van der Waals surface area contributed by atoms with E-state index in [2.05, 4.69) is 10.1 Å². The molecular formula is C12H9Cl2N3OS. The molecule has 0 aliphatic heterocycles. The quantitative estimate of drug-likeness (QED) is 0.393. The summed E-state index contributed by atoms with van der Waals surface area (Å²) in [5.74, 6) is -0.00579. The molecule has 0 amide bonds. The molecule has 98 valence electrons. The van der Waals surface area contributed by atoms with Gasteiger partial charge in [0.15, 0.2) is 5.84 Å². The predicted molar refractivity (Wildman–Crippen MR) is 77.3 cm³/mol. The Morgan fingerprint density at radius 3 is 2.84 bits per heavy atom. The molecule has 19 heavy (non-hydrogen) atoms. The second kappa shape index (κ2) is 6.14. The van der Waals surface area contributed by atoms with Gasteiger partial charge in [-0.1, -0.05) is 40.1 Å². The zero-order valence-corrected chi connectivity index (χ0v) is 11.9. The summed E-state index contributed by atoms with van der Waals surface area (Å²) in [5.41, 5.74) is 6.14. The fourth-order valence-electron chi connectivity index (χ4n) is 1.38. The first-order valence-corrected chi connectivity index (χ1v) is 6.75. The number of amidine groups is 1. The second-order valence-electron chi connectivity index (χ2n) is 3.52. The van der Waals surface area contributed by atoms with Crippen molar-refractivity contribution < 1.29 is 5.21 Å². The van der Waals surface area contributed by atoms with Gasteiger partial charge in [0.2, 0.25) is 0 Å². The van der Waals surface area contributed by atoms with Crippen molar-refractivity contribution in [3.05, 3.63) is 52.1 Å². The molecular weight excluding hydrogens is 305 g/mol. The second-order valence-corrected chi connectivity index (χ2v) is 5.39. The van der Waals surface area contributed by atoms with E-state index in [0.29, 0.717) is 20.6 Å². The van der Waals surface area contributed by atoms with E-state index >= 15 is 0 Å². The third kappa shape index (κ3) is 3.32. The van der Waals surface area contributed by atoms with Crippen LogP contribution in [0.1, 0.15) is 5.56 Å². The minimum atomic E-state index is -0.00579. The maximum absolute atomic E-state index is 8.76. The number of hydrogen-bond donors (Lipinski definition) is 2. The Bertz CT molecular complexity index is 634. The molecule has 1 aromatic carbocycles. The number of hydrogen-bond acceptors (Lipinski definition) is 4. The van der Waals surface area contributed by atoms with Gasteiger partial charge in [-0.05, 0) is 30.3 Å². The Balaban J connectivity index is 2.41. The van der Waals surface area contributed by atoms with Crippen molar-refractivity contribution in [2.24, 2.45) is 10.9 Å². The standard InChI is InChI=1S/C12H9Cl2N3OS/c13-7-3-4-9(14)10(6-7)19-12-8(11(15)17-18)2-1-5-16-12/h1-6,18H,(H2,15,17). The zero-order chi connectivity index (χ0) is 13.8. The summed E-state index contributed by atoms with van der Waals surface area (Å²) < 4.78 is 0. The fourth-order valence-corrected chi connectivity index (χ4v) is 2.81. The number of rotatable bonds is 3. The number of oxime groups is 1. The smallest absolute Gasteiger partial charge is 0.172 e. The van der Waals surface area contributed by atoms with Crippen LogP contribution >= 0.6 is 35.0 Å². The highest BCUT2D eigenvalue weighted by molar-refractivity contribution is 7.99. The highest BCUT2D eigenvalue weighted by atomic mass is 35.5. The van der Waals surface area contributed by atoms with Gasteiger partial charge in [-0.3, -0.25) is 0 Å². The van der Waals surface area contributed by atoms with E-state index in [1.807, 2.05) is 0 Å². The summed E-state index contributed by atoms with van der Waals surface area (Å²) in [6.45, 7) is 0. The van der Waals surface area contributed by atoms with Crippen LogP contribution in [0.3, 0.4) is 0 Å². The van der Waals surface area contributed by atoms with Crippen LogP contribution in [-0.2, 0) is 0 Å². The molecule has 0 aliphatic carbocycles. The van der Waals surface area contributed by atoms with E-state index < -0.39 is 0 Å². The summed E-state index contributed by atoms with van der Waals surface area (Å²) in [7, 11) is 0. The van der Waals surface area contributed by atoms with Crippen LogP contribution in [0.4, 0.5) is 0 Å². The highest BCUT2D eigenvalue weighted by Crippen LogP contribution is 2.35. The van der Waals surface area contributed by atoms with Crippen molar-refractivity contribution in [2.45, 2.75) is 9.92 Å². The summed E-state index contributed by atoms with van der Waals surface area (Å²) in [6.07, 6.45) is 1.62. The average molecular weight is 314 g/mol. The van der Waals surface area contributed by atoms with E-state index in [9.17, 15) is 0 Å². The minimum absolute atomic E-state index is 0.00579. The molecule has 1 heterocycles. The molecule has 0 aliphatic rings. The van der Waals surface area contributed by atoms with Crippen LogP contribution in [0.25, 0.3) is 0 Å². The first-order valence-electron chi connectivity index (χ1n) is 5.17. The van der Waals surface area contributed by atoms with Gasteiger partial charge in [0, 0.05) is 16.1 Å². The van der Waals surface area contributed by atoms with E-state index in [1.54, 1.807) is 36.5 Å². The first-order chi connectivity index (χ1) is 9.11. The number of nitrogens with two attached hydrogens (primary N) is 1. The predicted octanol–water partition coefficient (Wildman–Crippen LogP) is 3.63. The van der Waals surface area contributed by atoms with Crippen molar-refractivity contribution in [1.82, 2.24) is 4.98 Å². The van der Waals surface area contributed by atoms with Crippen LogP contribution < -0.4 is 5.73 Å². The average Bonchev–Trinajstić information content (AvgIpc) is 2.42. The fraction of sp³-hybridized carbons (Fsp3) is 0. The van der Waals surface area contributed by atoms with Gasteiger partial charge in [0.1, 0.15) is 5.03 Å². The number of pyridine rings is 1. The Morgan fingerprint density at radius 2 is 2.11 bits per heavy atom. The van der Waals surface area contributed by atoms with Gasteiger partial charge in [-0.25, -0.2) is 4.98 Å². The largest absolute Gasteiger partial charge is 0.409 e. The lowest BCUT2D eigenvalue weighted by Crippen LogP contribution is -2.14. The van der Waals surface area contributed by atoms with Crippen molar-refractivity contribution in [3.63, 3.8) is 0 Å². The number of aromatic nitrogens is 1. The van der Waals surface area contributed by atoms with Crippen LogP contribution in [-0.4, -0.2) is 16.0 Å². The maximum atomic E-state index is 8.76. The van der Waals surface area contributed by atoms with Crippen LogP contribution in [0.5, 0.6) is 0 Å². The lowest BCUT2D eigenvalue weighted by atomic mass is 10.3. The lowest BCUT2D eigenvalue weighted by molar-refractivity contribution is 0.318. The summed E-state index contributed by atoms with van der Waals surface area (Å²) in [5, 5.41) is 13.5. The summed E-state index contributed by atoms with van der Waals surface area (Å²) in [4.78, 5) is 4.95. The van der Waals surface area contributed by atoms with Gasteiger partial charge in [-0.2, -0.15) is 0 Å². The normalized spacial score (nSPS) is 11.6. The number of benzene rings is 1. The van der Waals surface area contributed by atoms with E-state index in [-0.39, 0.29) is 5.84 Å². The third-order valence-electron chi connectivity index (χ3n) is 2.25. The van der Waals surface area contributed by atoms with E-state index in [4.69, 9.17) is 34.1 Å². The highest BCUT2D eigenvalue weighted by Gasteiger charge is 2.11. The van der Waals surface area contributed by atoms with Gasteiger partial charge >= 0.3 is 0 Å². The number of nitrogens with zero attached hydrogens (tertiary/aromatic N) is 2. The lowest BCUT2D eigenvalue weighted by Gasteiger charge is -2.08. The summed E-state index contributed by atoms with van der Waals surface area (Å²) >= 11 is 13.3. The molecule has 2 aromatic rings. The molecule has 0 unspecified atom stereocenters. The summed E-state index contributed by atoms with van der Waals surface area (Å²) in [6, 6.07) is 8.56. The molecule has 0 saturated heterocycles.